The third-order valence-corrected chi connectivity index (χ3v) is 43.2. The van der Waals surface area contributed by atoms with Crippen LogP contribution in [0.25, 0.3) is 66.1 Å². The molecule has 0 nitrogen and oxygen atoms in total. The maximum atomic E-state index is 2.42. The van der Waals surface area contributed by atoms with Crippen molar-refractivity contribution in [3.8, 4) is 44.5 Å². The van der Waals surface area contributed by atoms with Gasteiger partial charge in [0, 0.05) is 10.8 Å². The third-order valence-electron chi connectivity index (χ3n) is 43.2. The molecule has 804 valence electrons. The molecule has 0 amide bonds. The standard InChI is InChI=1S/2C23H30.2C22H30.2C18H24.2C12H18/c2*1-11-13(3)17(7)21-19(15(11)5)20-16(6)12(2)14(4)18(8)22(20)23(21,9)10;2*1-11-13(3)17(7)21(18(8)14(11)4)22-19(9)15(5)12(2)16(6)20(22)10;2*1-9-10(2)14(6)18-16(8)12(4)11(3)15(7)17(18)13(9)5;2*1-7-8(2)10(4)12(6)11(5)9(7)3/h2*1-10H3;2*1-10H3;2*1-8H3;2*1-6H3. The number of fused-ring (bicyclic) bond motifs is 8. The van der Waals surface area contributed by atoms with Crippen LogP contribution in [0.15, 0.2) is 0 Å². The second-order valence-electron chi connectivity index (χ2n) is 49.2. The van der Waals surface area contributed by atoms with E-state index in [-0.39, 0.29) is 10.8 Å². The van der Waals surface area contributed by atoms with Gasteiger partial charge in [0.15, 0.2) is 0 Å². The van der Waals surface area contributed by atoms with Crippen molar-refractivity contribution in [1.29, 1.82) is 0 Å². The topological polar surface area (TPSA) is 0 Å². The highest BCUT2D eigenvalue weighted by atomic mass is 14.5. The van der Waals surface area contributed by atoms with Crippen molar-refractivity contribution in [3.05, 3.63) is 378 Å². The first-order valence-corrected chi connectivity index (χ1v) is 56.5. The van der Waals surface area contributed by atoms with Crippen molar-refractivity contribution in [1.82, 2.24) is 0 Å². The lowest BCUT2D eigenvalue weighted by Gasteiger charge is -2.28. The molecular weight excluding hydrogens is 1800 g/mol. The molecule has 0 aromatic heterocycles. The van der Waals surface area contributed by atoms with Crippen molar-refractivity contribution in [3.63, 3.8) is 0 Å². The largest absolute Gasteiger partial charge is 0.0516 e. The van der Waals surface area contributed by atoms with Crippen LogP contribution < -0.4 is 0 Å². The number of hydrogen-bond acceptors (Lipinski definition) is 0. The van der Waals surface area contributed by atoms with E-state index in [9.17, 15) is 0 Å². The molecule has 150 heavy (non-hydrogen) atoms. The van der Waals surface area contributed by atoms with E-state index in [1.165, 1.54) is 422 Å². The predicted octanol–water partition coefficient (Wildman–Crippen LogP) is 43.5. The monoisotopic (exact) mass is 2010 g/mol. The molecule has 2 aliphatic carbocycles. The first-order chi connectivity index (χ1) is 68.8. The summed E-state index contributed by atoms with van der Waals surface area (Å²) in [5.74, 6) is 0. The quantitative estimate of drug-likeness (QED) is 0.162. The van der Waals surface area contributed by atoms with Crippen molar-refractivity contribution >= 4 is 21.5 Å². The van der Waals surface area contributed by atoms with Gasteiger partial charge in [0.05, 0.1) is 0 Å². The van der Waals surface area contributed by atoms with E-state index >= 15 is 0 Å². The summed E-state index contributed by atoms with van der Waals surface area (Å²) in [6.45, 7) is 155. The van der Waals surface area contributed by atoms with Gasteiger partial charge in [-0.05, 0) is 887 Å². The second kappa shape index (κ2) is 45.0. The molecule has 14 aromatic rings. The summed E-state index contributed by atoms with van der Waals surface area (Å²) >= 11 is 0. The lowest BCUT2D eigenvalue weighted by atomic mass is 9.76. The summed E-state index contributed by atoms with van der Waals surface area (Å²) in [6, 6.07) is 0. The van der Waals surface area contributed by atoms with Gasteiger partial charge in [-0.15, -0.1) is 0 Å². The lowest BCUT2D eigenvalue weighted by Crippen LogP contribution is -2.19. The van der Waals surface area contributed by atoms with Gasteiger partial charge in [-0.2, -0.15) is 0 Å². The van der Waals surface area contributed by atoms with Crippen LogP contribution in [-0.4, -0.2) is 0 Å². The minimum atomic E-state index is 0.0886. The summed E-state index contributed by atoms with van der Waals surface area (Å²) in [7, 11) is 0. The van der Waals surface area contributed by atoms with Gasteiger partial charge in [-0.25, -0.2) is 0 Å². The zero-order valence-corrected chi connectivity index (χ0v) is 109. The van der Waals surface area contributed by atoms with Crippen LogP contribution in [0.2, 0.25) is 0 Å². The van der Waals surface area contributed by atoms with E-state index in [0.29, 0.717) is 0 Å². The molecule has 0 atom stereocenters. The lowest BCUT2D eigenvalue weighted by molar-refractivity contribution is 0.648. The van der Waals surface area contributed by atoms with Crippen LogP contribution in [0.1, 0.15) is 406 Å². The van der Waals surface area contributed by atoms with E-state index in [1.54, 1.807) is 22.3 Å². The number of aryl methyl sites for hydroxylation is 8. The molecule has 0 N–H and O–H groups in total. The van der Waals surface area contributed by atoms with E-state index in [2.05, 4.69) is 471 Å². The maximum Gasteiger partial charge on any atom is 0.0164 e. The normalized spacial score (nSPS) is 12.2. The molecule has 0 radical (unpaired) electrons. The zero-order valence-electron chi connectivity index (χ0n) is 109. The SMILES string of the molecule is Cc1c(C)c(C)c(-c2c(C)c(C)c(C)c(C)c2C)c(C)c1C.Cc1c(C)c(C)c(-c2c(C)c(C)c(C)c(C)c2C)c(C)c1C.Cc1c(C)c(C)c(C)c(C)c1C.Cc1c(C)c(C)c(C)c(C)c1C.Cc1c(C)c(C)c2c(C)c(C)c(C)c(C)c2c1C.Cc1c(C)c(C)c2c(C)c(C)c(C)c(C)c2c1C.Cc1c(C)c(C)c2c(c1C)-c1c(C)c(C)c(C)c(C)c1C2(C)C.Cc1c(C)c(C)c2c(c1C)-c1c(C)c(C)c(C)c(C)c1C2(C)C. The summed E-state index contributed by atoms with van der Waals surface area (Å²) in [6.07, 6.45) is 0. The van der Waals surface area contributed by atoms with Crippen LogP contribution in [0.4, 0.5) is 0 Å². The van der Waals surface area contributed by atoms with Crippen molar-refractivity contribution in [2.45, 2.75) is 482 Å². The molecule has 0 heterocycles. The highest BCUT2D eigenvalue weighted by molar-refractivity contribution is 6.00. The Bertz CT molecular complexity index is 6690. The predicted molar refractivity (Wildman–Crippen MR) is 676 cm³/mol. The molecule has 0 saturated heterocycles. The number of benzene rings is 14. The fourth-order valence-corrected chi connectivity index (χ4v) is 27.1. The minimum Gasteiger partial charge on any atom is -0.0516 e. The van der Waals surface area contributed by atoms with Crippen molar-refractivity contribution < 1.29 is 0 Å². The van der Waals surface area contributed by atoms with Gasteiger partial charge in [-0.3, -0.25) is 0 Å². The smallest absolute Gasteiger partial charge is 0.0164 e. The first kappa shape index (κ1) is 123. The molecule has 0 bridgehead atoms. The molecule has 0 spiro atoms. The van der Waals surface area contributed by atoms with Crippen LogP contribution >= 0.6 is 0 Å². The molecular formula is C150H204. The van der Waals surface area contributed by atoms with Crippen LogP contribution in [0, 0.1) is 443 Å². The highest BCUT2D eigenvalue weighted by Gasteiger charge is 2.44. The van der Waals surface area contributed by atoms with Gasteiger partial charge in [0.1, 0.15) is 0 Å². The maximum absolute atomic E-state index is 2.42. The average Bonchev–Trinajstić information content (AvgIpc) is 1.54. The Balaban J connectivity index is 0.000000192. The molecule has 16 rings (SSSR count). The van der Waals surface area contributed by atoms with Gasteiger partial charge in [-0.1, -0.05) is 27.7 Å². The van der Waals surface area contributed by atoms with Gasteiger partial charge in [0.25, 0.3) is 0 Å². The van der Waals surface area contributed by atoms with E-state index in [1.807, 2.05) is 0 Å². The third kappa shape index (κ3) is 20.1. The minimum absolute atomic E-state index is 0.0886. The molecule has 0 saturated carbocycles. The number of rotatable bonds is 2. The van der Waals surface area contributed by atoms with Crippen LogP contribution in [-0.2, 0) is 10.8 Å². The summed E-state index contributed by atoms with van der Waals surface area (Å²) in [5.41, 5.74) is 111. The fraction of sp³-hybridized carbons (Fsp3) is 0.467. The van der Waals surface area contributed by atoms with E-state index in [4.69, 9.17) is 0 Å². The Morgan fingerprint density at radius 3 is 0.213 bits per heavy atom. The van der Waals surface area contributed by atoms with E-state index < -0.39 is 0 Å². The molecule has 0 fully saturated rings. The zero-order chi connectivity index (χ0) is 115. The van der Waals surface area contributed by atoms with Crippen LogP contribution in [0.5, 0.6) is 0 Å². The molecule has 2 aliphatic rings. The average molecular weight is 2010 g/mol. The van der Waals surface area contributed by atoms with Gasteiger partial charge < -0.3 is 0 Å². The van der Waals surface area contributed by atoms with Crippen molar-refractivity contribution in [2.24, 2.45) is 0 Å². The fourth-order valence-electron chi connectivity index (χ4n) is 27.1. The molecule has 0 heteroatoms. The van der Waals surface area contributed by atoms with Gasteiger partial charge >= 0.3 is 0 Å². The Hall–Kier alpha value is -10.4. The number of hydrogen-bond donors (Lipinski definition) is 0. The molecule has 0 aliphatic heterocycles. The molecule has 0 unspecified atom stereocenters. The van der Waals surface area contributed by atoms with E-state index in [0.717, 1.165) is 0 Å². The Morgan fingerprint density at radius 2 is 0.127 bits per heavy atom. The Kier molecular flexibility index (Phi) is 36.9. The second-order valence-corrected chi connectivity index (χ2v) is 49.2. The Labute approximate surface area is 919 Å². The Morgan fingerprint density at radius 1 is 0.0667 bits per heavy atom. The van der Waals surface area contributed by atoms with Crippen molar-refractivity contribution in [2.75, 3.05) is 0 Å². The van der Waals surface area contributed by atoms with Crippen LogP contribution in [0.3, 0.4) is 0 Å². The summed E-state index contributed by atoms with van der Waals surface area (Å²) < 4.78 is 0. The summed E-state index contributed by atoms with van der Waals surface area (Å²) in [4.78, 5) is 0. The first-order valence-electron chi connectivity index (χ1n) is 56.5. The summed E-state index contributed by atoms with van der Waals surface area (Å²) in [5, 5.41) is 5.93. The molecule has 14 aromatic carbocycles. The highest BCUT2D eigenvalue weighted by Crippen LogP contribution is 2.59. The van der Waals surface area contributed by atoms with Gasteiger partial charge in [0.2, 0.25) is 0 Å².